The number of ether oxygens (including phenoxy) is 1. The molecule has 6 nitrogen and oxygen atoms in total. The first-order chi connectivity index (χ1) is 14.9. The van der Waals surface area contributed by atoms with Gasteiger partial charge in [0.15, 0.2) is 0 Å². The van der Waals surface area contributed by atoms with Crippen LogP contribution in [0.15, 0.2) is 60.7 Å². The zero-order valence-electron chi connectivity index (χ0n) is 18.7. The molecule has 0 radical (unpaired) electrons. The maximum absolute atomic E-state index is 12.6. The van der Waals surface area contributed by atoms with Gasteiger partial charge in [0.2, 0.25) is 5.91 Å². The lowest BCUT2D eigenvalue weighted by atomic mass is 10.1. The first kappa shape index (κ1) is 24.0. The Bertz CT molecular complexity index is 872. The first-order valence-corrected chi connectivity index (χ1v) is 10.7. The van der Waals surface area contributed by atoms with Crippen molar-refractivity contribution in [2.75, 3.05) is 36.9 Å². The number of nitrogens with one attached hydrogen (secondary N) is 2. The van der Waals surface area contributed by atoms with Crippen molar-refractivity contribution in [3.8, 4) is 5.75 Å². The van der Waals surface area contributed by atoms with Crippen LogP contribution in [0.3, 0.4) is 0 Å². The molecule has 0 bridgehead atoms. The molecule has 0 aliphatic carbocycles. The number of hydrogen-bond donors (Lipinski definition) is 2. The van der Waals surface area contributed by atoms with Crippen LogP contribution in [0, 0.1) is 0 Å². The van der Waals surface area contributed by atoms with Gasteiger partial charge in [-0.3, -0.25) is 9.59 Å². The molecule has 0 atom stereocenters. The molecule has 6 heteroatoms. The van der Waals surface area contributed by atoms with Crippen molar-refractivity contribution >= 4 is 23.2 Å². The van der Waals surface area contributed by atoms with Gasteiger partial charge in [0.05, 0.1) is 6.54 Å². The van der Waals surface area contributed by atoms with Gasteiger partial charge < -0.3 is 20.3 Å². The average molecular weight is 424 g/mol. The summed E-state index contributed by atoms with van der Waals surface area (Å²) in [7, 11) is 0. The molecule has 0 heterocycles. The van der Waals surface area contributed by atoms with Crippen molar-refractivity contribution in [3.05, 3.63) is 66.2 Å². The zero-order chi connectivity index (χ0) is 22.6. The normalized spacial score (nSPS) is 10.3. The molecule has 0 aliphatic rings. The topological polar surface area (TPSA) is 70.7 Å². The van der Waals surface area contributed by atoms with Crippen LogP contribution in [0.1, 0.15) is 44.0 Å². The van der Waals surface area contributed by atoms with Gasteiger partial charge in [-0.15, -0.1) is 0 Å². The summed E-state index contributed by atoms with van der Waals surface area (Å²) in [6.07, 6.45) is 1.85. The van der Waals surface area contributed by atoms with Crippen molar-refractivity contribution in [1.82, 2.24) is 4.90 Å². The quantitative estimate of drug-likeness (QED) is 0.474. The van der Waals surface area contributed by atoms with Crippen molar-refractivity contribution in [2.24, 2.45) is 0 Å². The summed E-state index contributed by atoms with van der Waals surface area (Å²) < 4.78 is 5.62. The van der Waals surface area contributed by atoms with E-state index in [0.717, 1.165) is 37.2 Å². The van der Waals surface area contributed by atoms with E-state index in [2.05, 4.69) is 31.1 Å². The Labute approximate surface area is 185 Å². The van der Waals surface area contributed by atoms with Crippen LogP contribution in [-0.2, 0) is 4.79 Å². The Morgan fingerprint density at radius 3 is 2.29 bits per heavy atom. The summed E-state index contributed by atoms with van der Waals surface area (Å²) in [5.74, 6) is 0.566. The molecule has 2 rings (SSSR count). The van der Waals surface area contributed by atoms with E-state index in [1.165, 1.54) is 0 Å². The molecule has 0 saturated heterocycles. The lowest BCUT2D eigenvalue weighted by Crippen LogP contribution is -2.32. The van der Waals surface area contributed by atoms with E-state index in [4.69, 9.17) is 4.74 Å². The second-order valence-electron chi connectivity index (χ2n) is 7.54. The number of hydrogen-bond acceptors (Lipinski definition) is 4. The van der Waals surface area contributed by atoms with Crippen LogP contribution in [0.2, 0.25) is 0 Å². The van der Waals surface area contributed by atoms with E-state index in [1.807, 2.05) is 36.1 Å². The van der Waals surface area contributed by atoms with Crippen LogP contribution in [0.5, 0.6) is 5.75 Å². The van der Waals surface area contributed by atoms with E-state index in [1.54, 1.807) is 24.3 Å². The van der Waals surface area contributed by atoms with Gasteiger partial charge in [-0.2, -0.15) is 0 Å². The first-order valence-electron chi connectivity index (χ1n) is 10.7. The summed E-state index contributed by atoms with van der Waals surface area (Å²) in [6.45, 7) is 11.9. The minimum Gasteiger partial charge on any atom is -0.489 e. The lowest BCUT2D eigenvalue weighted by molar-refractivity contribution is -0.114. The summed E-state index contributed by atoms with van der Waals surface area (Å²) in [5, 5.41) is 5.93. The number of carbonyl (C=O) groups excluding carboxylic acids is 2. The maximum atomic E-state index is 12.6. The van der Waals surface area contributed by atoms with Gasteiger partial charge in [0, 0.05) is 36.1 Å². The molecule has 0 aromatic heterocycles. The molecule has 0 spiro atoms. The van der Waals surface area contributed by atoms with Gasteiger partial charge in [-0.05, 0) is 61.7 Å². The average Bonchev–Trinajstić information content (AvgIpc) is 2.76. The minimum atomic E-state index is -0.175. The Morgan fingerprint density at radius 2 is 1.68 bits per heavy atom. The second kappa shape index (κ2) is 12.4. The molecule has 0 saturated carbocycles. The van der Waals surface area contributed by atoms with E-state index in [-0.39, 0.29) is 18.4 Å². The molecule has 0 aliphatic heterocycles. The lowest BCUT2D eigenvalue weighted by Gasteiger charge is -2.21. The molecule has 0 unspecified atom stereocenters. The molecule has 2 N–H and O–H groups in total. The number of benzene rings is 2. The fourth-order valence-electron chi connectivity index (χ4n) is 3.02. The van der Waals surface area contributed by atoms with Crippen molar-refractivity contribution < 1.29 is 14.3 Å². The highest BCUT2D eigenvalue weighted by atomic mass is 16.5. The molecular formula is C25H33N3O3. The van der Waals surface area contributed by atoms with Crippen LogP contribution in [-0.4, -0.2) is 43.0 Å². The minimum absolute atomic E-state index is 0.0250. The van der Waals surface area contributed by atoms with Crippen LogP contribution in [0.4, 0.5) is 11.4 Å². The van der Waals surface area contributed by atoms with E-state index in [0.29, 0.717) is 23.6 Å². The van der Waals surface area contributed by atoms with Crippen molar-refractivity contribution in [2.45, 2.75) is 33.6 Å². The third-order valence-electron chi connectivity index (χ3n) is 4.46. The highest BCUT2D eigenvalue weighted by Gasteiger charge is 2.14. The highest BCUT2D eigenvalue weighted by molar-refractivity contribution is 5.96. The summed E-state index contributed by atoms with van der Waals surface area (Å²) in [6, 6.07) is 14.5. The summed E-state index contributed by atoms with van der Waals surface area (Å²) >= 11 is 0. The Hall–Kier alpha value is -3.28. The number of rotatable bonds is 12. The van der Waals surface area contributed by atoms with Gasteiger partial charge in [0.25, 0.3) is 5.91 Å². The van der Waals surface area contributed by atoms with Crippen LogP contribution in [0.25, 0.3) is 0 Å². The number of carbonyl (C=O) groups is 2. The van der Waals surface area contributed by atoms with Gasteiger partial charge in [-0.25, -0.2) is 0 Å². The smallest absolute Gasteiger partial charge is 0.253 e. The van der Waals surface area contributed by atoms with Crippen LogP contribution >= 0.6 is 0 Å². The Kier molecular flexibility index (Phi) is 9.62. The summed E-state index contributed by atoms with van der Waals surface area (Å²) in [4.78, 5) is 26.8. The number of anilines is 2. The third kappa shape index (κ3) is 8.16. The Morgan fingerprint density at radius 1 is 1.00 bits per heavy atom. The zero-order valence-corrected chi connectivity index (χ0v) is 18.7. The highest BCUT2D eigenvalue weighted by Crippen LogP contribution is 2.18. The van der Waals surface area contributed by atoms with Crippen molar-refractivity contribution in [1.29, 1.82) is 0 Å². The van der Waals surface area contributed by atoms with E-state index >= 15 is 0 Å². The largest absolute Gasteiger partial charge is 0.489 e. The molecular weight excluding hydrogens is 390 g/mol. The van der Waals surface area contributed by atoms with E-state index < -0.39 is 0 Å². The molecule has 2 aromatic rings. The number of nitrogens with zero attached hydrogens (tertiary/aromatic N) is 1. The molecule has 2 amide bonds. The predicted octanol–water partition coefficient (Wildman–Crippen LogP) is 4.95. The maximum Gasteiger partial charge on any atom is 0.253 e. The SMILES string of the molecule is C=C(C)COc1cccc(NCC(=O)Nc2ccc(C(=O)N(CCC)CCC)cc2)c1. The van der Waals surface area contributed by atoms with E-state index in [9.17, 15) is 9.59 Å². The molecule has 166 valence electrons. The molecule has 31 heavy (non-hydrogen) atoms. The monoisotopic (exact) mass is 423 g/mol. The fraction of sp³-hybridized carbons (Fsp3) is 0.360. The fourth-order valence-corrected chi connectivity index (χ4v) is 3.02. The van der Waals surface area contributed by atoms with Gasteiger partial charge in [-0.1, -0.05) is 26.5 Å². The standard InChI is InChI=1S/C25H33N3O3/c1-5-14-28(15-6-2)25(30)20-10-12-21(13-11-20)27-24(29)17-26-22-8-7-9-23(16-22)31-18-19(3)4/h7-13,16,26H,3,5-6,14-15,17-18H2,1-2,4H3,(H,27,29). The second-order valence-corrected chi connectivity index (χ2v) is 7.54. The van der Waals surface area contributed by atoms with Gasteiger partial charge >= 0.3 is 0 Å². The molecule has 2 aromatic carbocycles. The third-order valence-corrected chi connectivity index (χ3v) is 4.46. The van der Waals surface area contributed by atoms with Gasteiger partial charge in [0.1, 0.15) is 12.4 Å². The Balaban J connectivity index is 1.88. The predicted molar refractivity (Wildman–Crippen MR) is 127 cm³/mol. The van der Waals surface area contributed by atoms with Crippen LogP contribution < -0.4 is 15.4 Å². The molecule has 0 fully saturated rings. The summed E-state index contributed by atoms with van der Waals surface area (Å²) in [5.41, 5.74) is 3.01. The van der Waals surface area contributed by atoms with Crippen molar-refractivity contribution in [3.63, 3.8) is 0 Å². The number of amides is 2.